The van der Waals surface area contributed by atoms with Gasteiger partial charge in [0.1, 0.15) is 12.1 Å². The number of unbranched alkanes of at least 4 members (excludes halogenated alkanes) is 2. The zero-order chi connectivity index (χ0) is 17.5. The minimum absolute atomic E-state index is 0.0332. The van der Waals surface area contributed by atoms with Gasteiger partial charge < -0.3 is 10.4 Å². The molecule has 2 atom stereocenters. The van der Waals surface area contributed by atoms with Gasteiger partial charge in [0.2, 0.25) is 15.9 Å². The van der Waals surface area contributed by atoms with Crippen LogP contribution in [0.1, 0.15) is 58.8 Å². The van der Waals surface area contributed by atoms with Gasteiger partial charge in [0.25, 0.3) is 0 Å². The predicted octanol–water partition coefficient (Wildman–Crippen LogP) is 1.34. The van der Waals surface area contributed by atoms with E-state index in [1.807, 2.05) is 13.8 Å². The molecule has 1 fully saturated rings. The van der Waals surface area contributed by atoms with Gasteiger partial charge in [-0.15, -0.1) is 0 Å². The van der Waals surface area contributed by atoms with Crippen molar-refractivity contribution >= 4 is 21.9 Å². The van der Waals surface area contributed by atoms with Crippen LogP contribution in [0.2, 0.25) is 0 Å². The topological polar surface area (TPSA) is 104 Å². The zero-order valence-corrected chi connectivity index (χ0v) is 14.8. The molecule has 0 bridgehead atoms. The standard InChI is InChI=1S/C15H28N2O5S/c1-3-5-8-12(15(19)20)16-14(18)13-9-7-10-17(13)23(21,22)11-6-4-2/h12-13H,3-11H2,1-2H3,(H,16,18)(H,19,20). The SMILES string of the molecule is CCCCC(NC(=O)C1CCCN1S(=O)(=O)CCCC)C(=O)O. The van der Waals surface area contributed by atoms with E-state index in [0.717, 1.165) is 12.8 Å². The summed E-state index contributed by atoms with van der Waals surface area (Å²) >= 11 is 0. The molecule has 1 heterocycles. The number of rotatable bonds is 10. The highest BCUT2D eigenvalue weighted by Crippen LogP contribution is 2.22. The van der Waals surface area contributed by atoms with Crippen molar-refractivity contribution in [2.75, 3.05) is 12.3 Å². The average Bonchev–Trinajstić information content (AvgIpc) is 2.99. The average molecular weight is 348 g/mol. The summed E-state index contributed by atoms with van der Waals surface area (Å²) in [6.07, 6.45) is 4.27. The molecule has 1 amide bonds. The summed E-state index contributed by atoms with van der Waals surface area (Å²) in [5.41, 5.74) is 0. The van der Waals surface area contributed by atoms with E-state index in [2.05, 4.69) is 5.32 Å². The Morgan fingerprint density at radius 1 is 1.26 bits per heavy atom. The molecule has 0 aromatic rings. The number of sulfonamides is 1. The highest BCUT2D eigenvalue weighted by molar-refractivity contribution is 7.89. The summed E-state index contributed by atoms with van der Waals surface area (Å²) in [5.74, 6) is -1.54. The first-order valence-corrected chi connectivity index (χ1v) is 9.97. The number of carboxylic acids is 1. The van der Waals surface area contributed by atoms with Crippen LogP contribution < -0.4 is 5.32 Å². The van der Waals surface area contributed by atoms with Crippen molar-refractivity contribution < 1.29 is 23.1 Å². The van der Waals surface area contributed by atoms with Gasteiger partial charge in [0, 0.05) is 6.54 Å². The molecule has 0 aromatic heterocycles. The third kappa shape index (κ3) is 5.76. The predicted molar refractivity (Wildman–Crippen MR) is 87.5 cm³/mol. The number of carbonyl (C=O) groups excluding carboxylic acids is 1. The van der Waals surface area contributed by atoms with Gasteiger partial charge >= 0.3 is 5.97 Å². The third-order valence-corrected chi connectivity index (χ3v) is 6.04. The van der Waals surface area contributed by atoms with Crippen LogP contribution in [0.15, 0.2) is 0 Å². The number of hydrogen-bond acceptors (Lipinski definition) is 4. The Bertz CT molecular complexity index is 506. The van der Waals surface area contributed by atoms with E-state index in [1.54, 1.807) is 0 Å². The van der Waals surface area contributed by atoms with Crippen LogP contribution in [0.5, 0.6) is 0 Å². The number of nitrogens with one attached hydrogen (secondary N) is 1. The Hall–Kier alpha value is -1.15. The van der Waals surface area contributed by atoms with E-state index in [9.17, 15) is 23.1 Å². The summed E-state index contributed by atoms with van der Waals surface area (Å²) in [6.45, 7) is 4.19. The van der Waals surface area contributed by atoms with E-state index in [0.29, 0.717) is 38.6 Å². The summed E-state index contributed by atoms with van der Waals surface area (Å²) in [7, 11) is -3.46. The molecule has 0 spiro atoms. The number of carboxylic acid groups (broad SMARTS) is 1. The number of aliphatic carboxylic acids is 1. The van der Waals surface area contributed by atoms with E-state index in [-0.39, 0.29) is 5.75 Å². The Balaban J connectivity index is 2.75. The molecule has 2 unspecified atom stereocenters. The van der Waals surface area contributed by atoms with Crippen molar-refractivity contribution in [2.24, 2.45) is 0 Å². The van der Waals surface area contributed by atoms with Crippen molar-refractivity contribution in [1.29, 1.82) is 0 Å². The smallest absolute Gasteiger partial charge is 0.326 e. The van der Waals surface area contributed by atoms with Crippen LogP contribution in [0.4, 0.5) is 0 Å². The molecule has 0 aromatic carbocycles. The molecule has 2 N–H and O–H groups in total. The molecule has 7 nitrogen and oxygen atoms in total. The molecule has 134 valence electrons. The molecule has 1 saturated heterocycles. The second-order valence-corrected chi connectivity index (χ2v) is 8.02. The van der Waals surface area contributed by atoms with E-state index >= 15 is 0 Å². The summed E-state index contributed by atoms with van der Waals surface area (Å²) in [4.78, 5) is 23.6. The second kappa shape index (κ2) is 9.22. The van der Waals surface area contributed by atoms with E-state index in [4.69, 9.17) is 0 Å². The Kier molecular flexibility index (Phi) is 7.98. The number of hydrogen-bond donors (Lipinski definition) is 2. The fourth-order valence-electron chi connectivity index (χ4n) is 2.71. The molecule has 0 aliphatic carbocycles. The number of amides is 1. The molecule has 1 aliphatic rings. The van der Waals surface area contributed by atoms with Crippen molar-refractivity contribution in [1.82, 2.24) is 9.62 Å². The molecule has 1 aliphatic heterocycles. The maximum Gasteiger partial charge on any atom is 0.326 e. The highest BCUT2D eigenvalue weighted by atomic mass is 32.2. The number of nitrogens with zero attached hydrogens (tertiary/aromatic N) is 1. The summed E-state index contributed by atoms with van der Waals surface area (Å²) in [5, 5.41) is 11.7. The Morgan fingerprint density at radius 3 is 2.48 bits per heavy atom. The van der Waals surface area contributed by atoms with Crippen LogP contribution >= 0.6 is 0 Å². The molecule has 1 rings (SSSR count). The van der Waals surface area contributed by atoms with Gasteiger partial charge in [-0.2, -0.15) is 4.31 Å². The van der Waals surface area contributed by atoms with Gasteiger partial charge in [0.15, 0.2) is 0 Å². The fourth-order valence-corrected chi connectivity index (χ4v) is 4.60. The number of carbonyl (C=O) groups is 2. The maximum atomic E-state index is 12.4. The summed E-state index contributed by atoms with van der Waals surface area (Å²) in [6, 6.07) is -1.73. The minimum atomic E-state index is -3.46. The quantitative estimate of drug-likeness (QED) is 0.620. The van der Waals surface area contributed by atoms with E-state index < -0.39 is 34.0 Å². The van der Waals surface area contributed by atoms with Crippen LogP contribution in [0, 0.1) is 0 Å². The van der Waals surface area contributed by atoms with Gasteiger partial charge in [-0.05, 0) is 25.7 Å². The molecule has 0 radical (unpaired) electrons. The van der Waals surface area contributed by atoms with E-state index in [1.165, 1.54) is 4.31 Å². The van der Waals surface area contributed by atoms with Crippen LogP contribution in [-0.2, 0) is 19.6 Å². The lowest BCUT2D eigenvalue weighted by atomic mass is 10.1. The van der Waals surface area contributed by atoms with Gasteiger partial charge in [-0.25, -0.2) is 13.2 Å². The lowest BCUT2D eigenvalue weighted by Gasteiger charge is -2.25. The first-order valence-electron chi connectivity index (χ1n) is 8.36. The molecular formula is C15H28N2O5S. The minimum Gasteiger partial charge on any atom is -0.480 e. The van der Waals surface area contributed by atoms with Crippen molar-refractivity contribution in [2.45, 2.75) is 70.9 Å². The fraction of sp³-hybridized carbons (Fsp3) is 0.867. The first-order chi connectivity index (χ1) is 10.8. The normalized spacial score (nSPS) is 20.3. The molecular weight excluding hydrogens is 320 g/mol. The van der Waals surface area contributed by atoms with Crippen molar-refractivity contribution in [3.05, 3.63) is 0 Å². The second-order valence-electron chi connectivity index (χ2n) is 5.98. The molecule has 8 heteroatoms. The lowest BCUT2D eigenvalue weighted by molar-refractivity contribution is -0.142. The lowest BCUT2D eigenvalue weighted by Crippen LogP contribution is -2.51. The zero-order valence-electron chi connectivity index (χ0n) is 14.0. The van der Waals surface area contributed by atoms with Crippen LogP contribution in [0.25, 0.3) is 0 Å². The van der Waals surface area contributed by atoms with Gasteiger partial charge in [-0.3, -0.25) is 4.79 Å². The maximum absolute atomic E-state index is 12.4. The monoisotopic (exact) mass is 348 g/mol. The first kappa shape index (κ1) is 19.9. The van der Waals surface area contributed by atoms with Crippen LogP contribution in [0.3, 0.4) is 0 Å². The van der Waals surface area contributed by atoms with Gasteiger partial charge in [-0.1, -0.05) is 33.1 Å². The largest absolute Gasteiger partial charge is 0.480 e. The third-order valence-electron chi connectivity index (χ3n) is 4.08. The Labute approximate surface area is 138 Å². The van der Waals surface area contributed by atoms with Crippen molar-refractivity contribution in [3.63, 3.8) is 0 Å². The molecule has 0 saturated carbocycles. The van der Waals surface area contributed by atoms with Crippen molar-refractivity contribution in [3.8, 4) is 0 Å². The van der Waals surface area contributed by atoms with Crippen LogP contribution in [-0.4, -0.2) is 54.1 Å². The highest BCUT2D eigenvalue weighted by Gasteiger charge is 2.39. The van der Waals surface area contributed by atoms with Gasteiger partial charge in [0.05, 0.1) is 5.75 Å². The Morgan fingerprint density at radius 2 is 1.91 bits per heavy atom. The summed E-state index contributed by atoms with van der Waals surface area (Å²) < 4.78 is 25.9. The molecule has 23 heavy (non-hydrogen) atoms.